The van der Waals surface area contributed by atoms with Crippen LogP contribution in [0.2, 0.25) is 0 Å². The minimum absolute atomic E-state index is 0.0899. The van der Waals surface area contributed by atoms with Gasteiger partial charge in [-0.2, -0.15) is 0 Å². The van der Waals surface area contributed by atoms with E-state index >= 15 is 0 Å². The average Bonchev–Trinajstić information content (AvgIpc) is 3.44. The molecule has 0 spiro atoms. The van der Waals surface area contributed by atoms with Crippen molar-refractivity contribution in [3.05, 3.63) is 42.6 Å². The van der Waals surface area contributed by atoms with Crippen molar-refractivity contribution in [1.82, 2.24) is 19.9 Å². The number of aromatic nitrogens is 3. The fourth-order valence-electron chi connectivity index (χ4n) is 4.35. The summed E-state index contributed by atoms with van der Waals surface area (Å²) >= 11 is 0. The number of nitrogens with zero attached hydrogens (tertiary/aromatic N) is 4. The molecule has 1 saturated heterocycles. The first-order valence-corrected chi connectivity index (χ1v) is 10.3. The monoisotopic (exact) mass is 447 g/mol. The topological polar surface area (TPSA) is 158 Å². The Kier molecular flexibility index (Phi) is 9.61. The zero-order chi connectivity index (χ0) is 23.5. The fraction of sp³-hybridized carbons (Fsp3) is 0.476. The second-order valence-electron chi connectivity index (χ2n) is 7.52. The Hall–Kier alpha value is -3.47. The number of fused-ring (bicyclic) bond motifs is 1. The van der Waals surface area contributed by atoms with Crippen LogP contribution >= 0.6 is 0 Å². The summed E-state index contributed by atoms with van der Waals surface area (Å²) < 4.78 is 2.03. The Morgan fingerprint density at radius 2 is 1.84 bits per heavy atom. The van der Waals surface area contributed by atoms with Gasteiger partial charge in [0.15, 0.2) is 0 Å². The highest BCUT2D eigenvalue weighted by molar-refractivity contribution is 5.94. The molecule has 174 valence electrons. The number of nitrogens with one attached hydrogen (secondary N) is 1. The van der Waals surface area contributed by atoms with Gasteiger partial charge in [-0.25, -0.2) is 9.97 Å². The van der Waals surface area contributed by atoms with Crippen molar-refractivity contribution < 1.29 is 29.7 Å². The Morgan fingerprint density at radius 3 is 2.38 bits per heavy atom. The molecule has 3 heterocycles. The van der Waals surface area contributed by atoms with Crippen LogP contribution in [0.25, 0.3) is 0 Å². The number of pyridine rings is 1. The highest BCUT2D eigenvalue weighted by atomic mass is 16.3. The van der Waals surface area contributed by atoms with E-state index in [9.17, 15) is 9.90 Å². The Balaban J connectivity index is 0.000000547. The number of anilines is 1. The number of aliphatic hydroxyl groups excluding tert-OH is 1. The quantitative estimate of drug-likeness (QED) is 0.499. The van der Waals surface area contributed by atoms with E-state index in [1.807, 2.05) is 29.8 Å². The van der Waals surface area contributed by atoms with E-state index in [2.05, 4.69) is 20.2 Å². The molecular weight excluding hydrogens is 418 g/mol. The predicted molar refractivity (Wildman–Crippen MR) is 115 cm³/mol. The normalized spacial score (nSPS) is 23.5. The first kappa shape index (κ1) is 24.8. The smallest absolute Gasteiger partial charge is 0.290 e. The standard InChI is InChI=1S/C19H25N5O2.2CH2O2/c1-2-21-19(26)13-3-4-18(22-9-13)24-10-14-7-16(23-6-5-20-12-23)17(25)8-15(14)11-24;2*2-1-3/h3-6,9,12,14-17,25H,2,7-8,10-11H2,1H3,(H,21,26);2*1H,(H,2,3)/t14-,15+,16-,17-;;/m1../s1. The van der Waals surface area contributed by atoms with Gasteiger partial charge < -0.3 is 30.1 Å². The number of aliphatic hydroxyl groups is 1. The second kappa shape index (κ2) is 12.4. The Labute approximate surface area is 185 Å². The maximum absolute atomic E-state index is 11.9. The van der Waals surface area contributed by atoms with Gasteiger partial charge in [-0.3, -0.25) is 14.4 Å². The van der Waals surface area contributed by atoms with Crippen molar-refractivity contribution >= 4 is 24.7 Å². The van der Waals surface area contributed by atoms with Gasteiger partial charge in [0.1, 0.15) is 5.82 Å². The minimum Gasteiger partial charge on any atom is -0.483 e. The first-order valence-electron chi connectivity index (χ1n) is 10.3. The summed E-state index contributed by atoms with van der Waals surface area (Å²) in [7, 11) is 0. The van der Waals surface area contributed by atoms with Crippen LogP contribution in [0.5, 0.6) is 0 Å². The molecule has 2 aromatic rings. The Morgan fingerprint density at radius 1 is 1.19 bits per heavy atom. The number of carbonyl (C=O) groups excluding carboxylic acids is 1. The highest BCUT2D eigenvalue weighted by Crippen LogP contribution is 2.42. The molecule has 2 aromatic heterocycles. The summed E-state index contributed by atoms with van der Waals surface area (Å²) in [6.07, 6.45) is 8.56. The van der Waals surface area contributed by atoms with Gasteiger partial charge in [-0.15, -0.1) is 0 Å². The van der Waals surface area contributed by atoms with Gasteiger partial charge >= 0.3 is 0 Å². The predicted octanol–water partition coefficient (Wildman–Crippen LogP) is 0.878. The molecular formula is C21H29N5O6. The van der Waals surface area contributed by atoms with Crippen LogP contribution < -0.4 is 10.2 Å². The summed E-state index contributed by atoms with van der Waals surface area (Å²) in [6.45, 7) is 3.86. The van der Waals surface area contributed by atoms with E-state index < -0.39 is 0 Å². The number of imidazole rings is 1. The van der Waals surface area contributed by atoms with Gasteiger partial charge in [0, 0.05) is 38.2 Å². The van der Waals surface area contributed by atoms with Crippen molar-refractivity contribution in [2.45, 2.75) is 31.9 Å². The van der Waals surface area contributed by atoms with Crippen LogP contribution in [0.15, 0.2) is 37.1 Å². The van der Waals surface area contributed by atoms with Gasteiger partial charge in [-0.05, 0) is 43.7 Å². The Bertz CT molecular complexity index is 839. The lowest BCUT2D eigenvalue weighted by molar-refractivity contribution is -0.123. The molecule has 4 atom stereocenters. The van der Waals surface area contributed by atoms with Crippen molar-refractivity contribution in [3.63, 3.8) is 0 Å². The van der Waals surface area contributed by atoms with Crippen LogP contribution in [-0.2, 0) is 9.59 Å². The number of hydrogen-bond acceptors (Lipinski definition) is 7. The van der Waals surface area contributed by atoms with Crippen LogP contribution in [0.1, 0.15) is 36.2 Å². The van der Waals surface area contributed by atoms with Crippen LogP contribution in [0.3, 0.4) is 0 Å². The molecule has 4 N–H and O–H groups in total. The molecule has 2 fully saturated rings. The second-order valence-corrected chi connectivity index (χ2v) is 7.52. The number of rotatable bonds is 4. The summed E-state index contributed by atoms with van der Waals surface area (Å²) in [5.74, 6) is 1.83. The minimum atomic E-state index is -0.335. The molecule has 2 aliphatic rings. The molecule has 0 unspecified atom stereocenters. The van der Waals surface area contributed by atoms with Gasteiger partial charge in [0.25, 0.3) is 18.9 Å². The third-order valence-electron chi connectivity index (χ3n) is 5.69. The molecule has 4 rings (SSSR count). The third kappa shape index (κ3) is 6.27. The maximum atomic E-state index is 11.9. The molecule has 32 heavy (non-hydrogen) atoms. The first-order chi connectivity index (χ1) is 15.5. The van der Waals surface area contributed by atoms with Crippen molar-refractivity contribution in [1.29, 1.82) is 0 Å². The summed E-state index contributed by atoms with van der Waals surface area (Å²) in [5, 5.41) is 27.1. The summed E-state index contributed by atoms with van der Waals surface area (Å²) in [6, 6.07) is 3.86. The molecule has 0 radical (unpaired) electrons. The fourth-order valence-corrected chi connectivity index (χ4v) is 4.35. The van der Waals surface area contributed by atoms with Crippen LogP contribution in [0.4, 0.5) is 5.82 Å². The van der Waals surface area contributed by atoms with E-state index in [1.165, 1.54) is 0 Å². The number of carboxylic acid groups (broad SMARTS) is 2. The van der Waals surface area contributed by atoms with E-state index in [-0.39, 0.29) is 31.0 Å². The van der Waals surface area contributed by atoms with Crippen LogP contribution in [0, 0.1) is 11.8 Å². The molecule has 11 nitrogen and oxygen atoms in total. The molecule has 1 saturated carbocycles. The number of hydrogen-bond donors (Lipinski definition) is 4. The summed E-state index contributed by atoms with van der Waals surface area (Å²) in [4.78, 5) is 39.5. The van der Waals surface area contributed by atoms with E-state index in [1.54, 1.807) is 18.7 Å². The van der Waals surface area contributed by atoms with Crippen molar-refractivity contribution in [2.75, 3.05) is 24.5 Å². The number of carbonyl (C=O) groups is 3. The molecule has 1 amide bonds. The highest BCUT2D eigenvalue weighted by Gasteiger charge is 2.42. The van der Waals surface area contributed by atoms with Crippen molar-refractivity contribution in [2.24, 2.45) is 11.8 Å². The molecule has 0 bridgehead atoms. The van der Waals surface area contributed by atoms with Gasteiger partial charge in [-0.1, -0.05) is 0 Å². The number of amides is 1. The van der Waals surface area contributed by atoms with Crippen molar-refractivity contribution in [3.8, 4) is 0 Å². The van der Waals surface area contributed by atoms with E-state index in [0.29, 0.717) is 23.9 Å². The van der Waals surface area contributed by atoms with E-state index in [4.69, 9.17) is 19.8 Å². The summed E-state index contributed by atoms with van der Waals surface area (Å²) in [5.41, 5.74) is 0.586. The molecule has 1 aliphatic carbocycles. The zero-order valence-corrected chi connectivity index (χ0v) is 17.8. The average molecular weight is 447 g/mol. The lowest BCUT2D eigenvalue weighted by Crippen LogP contribution is -2.35. The van der Waals surface area contributed by atoms with E-state index in [0.717, 1.165) is 31.7 Å². The molecule has 0 aromatic carbocycles. The largest absolute Gasteiger partial charge is 0.483 e. The zero-order valence-electron chi connectivity index (χ0n) is 17.8. The molecule has 11 heteroatoms. The third-order valence-corrected chi connectivity index (χ3v) is 5.69. The molecule has 1 aliphatic heterocycles. The maximum Gasteiger partial charge on any atom is 0.290 e. The van der Waals surface area contributed by atoms with Gasteiger partial charge in [0.2, 0.25) is 0 Å². The SMILES string of the molecule is CCNC(=O)c1ccc(N2C[C@H]3C[C@@H](n4ccnc4)[C@H](O)C[C@H]3C2)nc1.O=CO.O=CO. The van der Waals surface area contributed by atoms with Crippen LogP contribution in [-0.4, -0.2) is 74.4 Å². The van der Waals surface area contributed by atoms with Gasteiger partial charge in [0.05, 0.1) is 24.0 Å². The lowest BCUT2D eigenvalue weighted by Gasteiger charge is -2.35. The lowest BCUT2D eigenvalue weighted by atomic mass is 9.77.